The molecule has 0 radical (unpaired) electrons. The molecule has 3 atom stereocenters. The zero-order valence-electron chi connectivity index (χ0n) is 10.2. The molecule has 98 valence electrons. The minimum Gasteiger partial charge on any atom is -0.481 e. The summed E-state index contributed by atoms with van der Waals surface area (Å²) in [4.78, 5) is 26.6. The molecule has 1 fully saturated rings. The zero-order chi connectivity index (χ0) is 13.3. The average molecular weight is 253 g/mol. The first-order valence-corrected chi connectivity index (χ1v) is 5.86. The lowest BCUT2D eigenvalue weighted by Crippen LogP contribution is -2.31. The predicted molar refractivity (Wildman–Crippen MR) is 59.4 cm³/mol. The van der Waals surface area contributed by atoms with Crippen molar-refractivity contribution >= 4 is 11.9 Å². The molecule has 1 heterocycles. The van der Waals surface area contributed by atoms with Crippen LogP contribution >= 0.6 is 0 Å². The number of amides is 1. The summed E-state index contributed by atoms with van der Waals surface area (Å²) in [5.74, 6) is -1.28. The average Bonchev–Trinajstić information content (AvgIpc) is 3.03. The highest BCUT2D eigenvalue weighted by Gasteiger charge is 2.48. The Kier molecular flexibility index (Phi) is 3.31. The summed E-state index contributed by atoms with van der Waals surface area (Å²) < 4.78 is 4.86. The van der Waals surface area contributed by atoms with E-state index in [1.54, 1.807) is 6.92 Å². The smallest absolute Gasteiger partial charge is 0.307 e. The van der Waals surface area contributed by atoms with Crippen LogP contribution in [0.3, 0.4) is 0 Å². The third-order valence-corrected chi connectivity index (χ3v) is 3.02. The molecule has 0 aliphatic heterocycles. The van der Waals surface area contributed by atoms with E-state index in [1.165, 1.54) is 0 Å². The first-order valence-electron chi connectivity index (χ1n) is 5.86. The van der Waals surface area contributed by atoms with E-state index in [4.69, 9.17) is 9.63 Å². The van der Waals surface area contributed by atoms with E-state index >= 15 is 0 Å². The second kappa shape index (κ2) is 4.75. The fourth-order valence-corrected chi connectivity index (χ4v) is 1.84. The number of aromatic nitrogens is 2. The maximum absolute atomic E-state index is 11.8. The second-order valence-corrected chi connectivity index (χ2v) is 4.43. The van der Waals surface area contributed by atoms with Crippen LogP contribution in [0.25, 0.3) is 0 Å². The van der Waals surface area contributed by atoms with E-state index in [0.717, 1.165) is 0 Å². The number of hydrogen-bond acceptors (Lipinski definition) is 5. The third-order valence-electron chi connectivity index (χ3n) is 3.02. The van der Waals surface area contributed by atoms with Gasteiger partial charge in [-0.25, -0.2) is 0 Å². The highest BCUT2D eigenvalue weighted by atomic mass is 16.5. The van der Waals surface area contributed by atoms with Crippen LogP contribution in [-0.4, -0.2) is 27.1 Å². The highest BCUT2D eigenvalue weighted by Crippen LogP contribution is 2.39. The Morgan fingerprint density at radius 3 is 2.72 bits per heavy atom. The Labute approximate surface area is 104 Å². The van der Waals surface area contributed by atoms with E-state index in [9.17, 15) is 9.59 Å². The first-order chi connectivity index (χ1) is 8.52. The number of aryl methyl sites for hydroxylation is 1. The summed E-state index contributed by atoms with van der Waals surface area (Å²) >= 11 is 0. The van der Waals surface area contributed by atoms with Gasteiger partial charge in [-0.15, -0.1) is 0 Å². The lowest BCUT2D eigenvalue weighted by molar-refractivity contribution is -0.140. The van der Waals surface area contributed by atoms with Crippen LogP contribution in [0, 0.1) is 18.8 Å². The predicted octanol–water partition coefficient (Wildman–Crippen LogP) is 0.666. The first kappa shape index (κ1) is 12.5. The van der Waals surface area contributed by atoms with Crippen LogP contribution in [0.4, 0.5) is 0 Å². The number of nitrogens with zero attached hydrogens (tertiary/aromatic N) is 2. The van der Waals surface area contributed by atoms with Crippen molar-refractivity contribution in [3.63, 3.8) is 0 Å². The lowest BCUT2D eigenvalue weighted by Gasteiger charge is -2.12. The molecule has 1 amide bonds. The van der Waals surface area contributed by atoms with Gasteiger partial charge < -0.3 is 14.9 Å². The summed E-state index contributed by atoms with van der Waals surface area (Å²) in [6.07, 6.45) is 1.03. The number of nitrogens with one attached hydrogen (secondary N) is 1. The number of aliphatic carboxylic acids is 1. The Morgan fingerprint density at radius 2 is 2.28 bits per heavy atom. The molecular weight excluding hydrogens is 238 g/mol. The second-order valence-electron chi connectivity index (χ2n) is 4.43. The largest absolute Gasteiger partial charge is 0.481 e. The van der Waals surface area contributed by atoms with Gasteiger partial charge in [-0.05, 0) is 12.8 Å². The zero-order valence-corrected chi connectivity index (χ0v) is 10.2. The van der Waals surface area contributed by atoms with Gasteiger partial charge in [-0.3, -0.25) is 9.59 Å². The van der Waals surface area contributed by atoms with E-state index in [2.05, 4.69) is 15.5 Å². The summed E-state index contributed by atoms with van der Waals surface area (Å²) in [6.45, 7) is 3.56. The Bertz CT molecular complexity index is 471. The van der Waals surface area contributed by atoms with E-state index < -0.39 is 17.8 Å². The van der Waals surface area contributed by atoms with Crippen molar-refractivity contribution in [1.29, 1.82) is 0 Å². The maximum Gasteiger partial charge on any atom is 0.307 e. The van der Waals surface area contributed by atoms with Crippen molar-refractivity contribution in [2.45, 2.75) is 32.7 Å². The molecule has 2 N–H and O–H groups in total. The number of carbonyl (C=O) groups excluding carboxylic acids is 1. The van der Waals surface area contributed by atoms with Crippen molar-refractivity contribution < 1.29 is 19.2 Å². The lowest BCUT2D eigenvalue weighted by atomic mass is 10.2. The fourth-order valence-electron chi connectivity index (χ4n) is 1.84. The van der Waals surface area contributed by atoms with Gasteiger partial charge >= 0.3 is 5.97 Å². The molecule has 1 aliphatic rings. The van der Waals surface area contributed by atoms with Gasteiger partial charge in [-0.1, -0.05) is 12.1 Å². The Hall–Kier alpha value is -1.92. The minimum atomic E-state index is -0.918. The van der Waals surface area contributed by atoms with Gasteiger partial charge in [0.25, 0.3) is 0 Å². The quantitative estimate of drug-likeness (QED) is 0.798. The van der Waals surface area contributed by atoms with Crippen molar-refractivity contribution in [2.75, 3.05) is 0 Å². The molecule has 7 nitrogen and oxygen atoms in total. The Balaban J connectivity index is 1.95. The monoisotopic (exact) mass is 253 g/mol. The fraction of sp³-hybridized carbons (Fsp3) is 0.636. The molecule has 1 saturated carbocycles. The summed E-state index contributed by atoms with van der Waals surface area (Å²) in [5, 5.41) is 15.3. The van der Waals surface area contributed by atoms with Crippen molar-refractivity contribution in [3.05, 3.63) is 11.7 Å². The Morgan fingerprint density at radius 1 is 1.56 bits per heavy atom. The maximum atomic E-state index is 11.8. The number of carbonyl (C=O) groups is 2. The molecule has 1 aromatic rings. The van der Waals surface area contributed by atoms with Crippen LogP contribution in [0.1, 0.15) is 37.5 Å². The molecule has 0 spiro atoms. The van der Waals surface area contributed by atoms with Crippen LogP contribution < -0.4 is 5.32 Å². The SMILES string of the molecule is CCC(NC(=O)C1CC1C(=O)O)c1noc(C)n1. The van der Waals surface area contributed by atoms with E-state index in [1.807, 2.05) is 6.92 Å². The molecule has 0 saturated heterocycles. The van der Waals surface area contributed by atoms with Gasteiger partial charge in [0.15, 0.2) is 5.82 Å². The van der Waals surface area contributed by atoms with Gasteiger partial charge in [0.2, 0.25) is 11.8 Å². The normalized spacial score (nSPS) is 23.4. The van der Waals surface area contributed by atoms with E-state index in [0.29, 0.717) is 24.6 Å². The molecule has 2 rings (SSSR count). The summed E-state index contributed by atoms with van der Waals surface area (Å²) in [6, 6.07) is -0.329. The van der Waals surface area contributed by atoms with Crippen LogP contribution in [0.2, 0.25) is 0 Å². The van der Waals surface area contributed by atoms with Gasteiger partial charge in [-0.2, -0.15) is 4.98 Å². The third kappa shape index (κ3) is 2.49. The van der Waals surface area contributed by atoms with Crippen LogP contribution in [0.5, 0.6) is 0 Å². The molecule has 0 bridgehead atoms. The topological polar surface area (TPSA) is 105 Å². The molecule has 1 aliphatic carbocycles. The molecule has 0 aromatic carbocycles. The van der Waals surface area contributed by atoms with Crippen molar-refractivity contribution in [2.24, 2.45) is 11.8 Å². The van der Waals surface area contributed by atoms with Crippen LogP contribution in [0.15, 0.2) is 4.52 Å². The number of carboxylic acid groups (broad SMARTS) is 1. The molecule has 3 unspecified atom stereocenters. The summed E-state index contributed by atoms with van der Waals surface area (Å²) in [7, 11) is 0. The van der Waals surface area contributed by atoms with Gasteiger partial charge in [0, 0.05) is 6.92 Å². The van der Waals surface area contributed by atoms with Crippen molar-refractivity contribution in [3.8, 4) is 0 Å². The number of hydrogen-bond donors (Lipinski definition) is 2. The molecule has 7 heteroatoms. The van der Waals surface area contributed by atoms with Gasteiger partial charge in [0.1, 0.15) is 0 Å². The number of rotatable bonds is 5. The van der Waals surface area contributed by atoms with Crippen molar-refractivity contribution in [1.82, 2.24) is 15.5 Å². The standard InChI is InChI=1S/C11H15N3O4/c1-3-8(9-12-5(2)18-14-9)13-10(15)6-4-7(6)11(16)17/h6-8H,3-4H2,1-2H3,(H,13,15)(H,16,17). The highest BCUT2D eigenvalue weighted by molar-refractivity contribution is 5.89. The minimum absolute atomic E-state index is 0.253. The summed E-state index contributed by atoms with van der Waals surface area (Å²) in [5.41, 5.74) is 0. The van der Waals surface area contributed by atoms with E-state index in [-0.39, 0.29) is 11.9 Å². The number of carboxylic acids is 1. The van der Waals surface area contributed by atoms with Crippen LogP contribution in [-0.2, 0) is 9.59 Å². The molecule has 18 heavy (non-hydrogen) atoms. The van der Waals surface area contributed by atoms with Gasteiger partial charge in [0.05, 0.1) is 17.9 Å². The molecular formula is C11H15N3O4. The molecule has 1 aromatic heterocycles.